The normalized spacial score (nSPS) is 11.2. The van der Waals surface area contributed by atoms with Crippen molar-refractivity contribution in [1.29, 1.82) is 0 Å². The standard InChI is InChI=1S/C20H21N3O5/c1-13(17(24)22-20(21)27)28-19(26)16-11-7-6-10-15(16)18(25)23(2)12-14-8-4-3-5-9-14/h3-11,13H,12H2,1-2H3,(H3,21,22,24,27)/t13-/m1/s1. The molecule has 0 unspecified atom stereocenters. The second kappa shape index (κ2) is 9.31. The van der Waals surface area contributed by atoms with Gasteiger partial charge in [0, 0.05) is 13.6 Å². The van der Waals surface area contributed by atoms with Crippen LogP contribution in [0.15, 0.2) is 54.6 Å². The minimum absolute atomic E-state index is 0.0196. The lowest BCUT2D eigenvalue weighted by molar-refractivity contribution is -0.127. The number of hydrogen-bond donors (Lipinski definition) is 2. The van der Waals surface area contributed by atoms with E-state index in [1.165, 1.54) is 24.0 Å². The number of nitrogens with zero attached hydrogens (tertiary/aromatic N) is 1. The molecule has 8 heteroatoms. The molecule has 0 radical (unpaired) electrons. The molecule has 8 nitrogen and oxygen atoms in total. The predicted molar refractivity (Wildman–Crippen MR) is 101 cm³/mol. The van der Waals surface area contributed by atoms with E-state index < -0.39 is 24.0 Å². The van der Waals surface area contributed by atoms with E-state index in [0.717, 1.165) is 5.56 Å². The molecule has 0 aromatic heterocycles. The van der Waals surface area contributed by atoms with Gasteiger partial charge < -0.3 is 15.4 Å². The number of primary amides is 1. The molecule has 146 valence electrons. The van der Waals surface area contributed by atoms with Crippen molar-refractivity contribution in [3.05, 3.63) is 71.3 Å². The lowest BCUT2D eigenvalue weighted by Crippen LogP contribution is -2.42. The van der Waals surface area contributed by atoms with Crippen LogP contribution in [0.3, 0.4) is 0 Å². The maximum atomic E-state index is 12.8. The molecule has 0 heterocycles. The number of carbonyl (C=O) groups excluding carboxylic acids is 4. The third-order valence-corrected chi connectivity index (χ3v) is 3.89. The van der Waals surface area contributed by atoms with Gasteiger partial charge in [0.15, 0.2) is 6.10 Å². The topological polar surface area (TPSA) is 119 Å². The maximum Gasteiger partial charge on any atom is 0.339 e. The molecule has 2 aromatic rings. The van der Waals surface area contributed by atoms with Gasteiger partial charge in [-0.2, -0.15) is 0 Å². The summed E-state index contributed by atoms with van der Waals surface area (Å²) >= 11 is 0. The summed E-state index contributed by atoms with van der Waals surface area (Å²) in [4.78, 5) is 49.2. The van der Waals surface area contributed by atoms with Crippen LogP contribution in [-0.4, -0.2) is 41.9 Å². The average molecular weight is 383 g/mol. The van der Waals surface area contributed by atoms with Gasteiger partial charge >= 0.3 is 12.0 Å². The van der Waals surface area contributed by atoms with Crippen molar-refractivity contribution in [3.8, 4) is 0 Å². The lowest BCUT2D eigenvalue weighted by Gasteiger charge is -2.19. The molecule has 1 atom stereocenters. The molecular weight excluding hydrogens is 362 g/mol. The molecule has 2 aromatic carbocycles. The van der Waals surface area contributed by atoms with Gasteiger partial charge in [-0.25, -0.2) is 9.59 Å². The summed E-state index contributed by atoms with van der Waals surface area (Å²) in [6.45, 7) is 1.66. The van der Waals surface area contributed by atoms with Gasteiger partial charge in [-0.1, -0.05) is 42.5 Å². The third-order valence-electron chi connectivity index (χ3n) is 3.89. The number of esters is 1. The van der Waals surface area contributed by atoms with Crippen molar-refractivity contribution in [1.82, 2.24) is 10.2 Å². The summed E-state index contributed by atoms with van der Waals surface area (Å²) in [5.41, 5.74) is 5.98. The molecule has 0 saturated carbocycles. The highest BCUT2D eigenvalue weighted by atomic mass is 16.5. The van der Waals surface area contributed by atoms with Crippen LogP contribution in [0, 0.1) is 0 Å². The van der Waals surface area contributed by atoms with Gasteiger partial charge in [0.2, 0.25) is 0 Å². The first-order chi connectivity index (χ1) is 13.3. The Morgan fingerprint density at radius 3 is 2.18 bits per heavy atom. The minimum Gasteiger partial charge on any atom is -0.449 e. The molecule has 0 fully saturated rings. The van der Waals surface area contributed by atoms with Gasteiger partial charge in [-0.05, 0) is 24.6 Å². The van der Waals surface area contributed by atoms with Crippen LogP contribution in [-0.2, 0) is 16.1 Å². The lowest BCUT2D eigenvalue weighted by atomic mass is 10.1. The Kier molecular flexibility index (Phi) is 6.86. The summed E-state index contributed by atoms with van der Waals surface area (Å²) in [6, 6.07) is 14.5. The number of nitrogens with one attached hydrogen (secondary N) is 1. The van der Waals surface area contributed by atoms with E-state index >= 15 is 0 Å². The fraction of sp³-hybridized carbons (Fsp3) is 0.200. The van der Waals surface area contributed by atoms with Crippen molar-refractivity contribution in [2.45, 2.75) is 19.6 Å². The number of hydrogen-bond acceptors (Lipinski definition) is 5. The molecule has 0 aliphatic heterocycles. The van der Waals surface area contributed by atoms with Gasteiger partial charge in [-0.15, -0.1) is 0 Å². The van der Waals surface area contributed by atoms with E-state index in [2.05, 4.69) is 0 Å². The van der Waals surface area contributed by atoms with Crippen LogP contribution < -0.4 is 11.1 Å². The summed E-state index contributed by atoms with van der Waals surface area (Å²) in [5, 5.41) is 1.83. The molecule has 0 saturated heterocycles. The number of amides is 4. The predicted octanol–water partition coefficient (Wildman–Crippen LogP) is 1.70. The Balaban J connectivity index is 2.15. The number of carbonyl (C=O) groups is 4. The van der Waals surface area contributed by atoms with Gasteiger partial charge in [0.25, 0.3) is 11.8 Å². The largest absolute Gasteiger partial charge is 0.449 e. The quantitative estimate of drug-likeness (QED) is 0.736. The highest BCUT2D eigenvalue weighted by Gasteiger charge is 2.24. The zero-order chi connectivity index (χ0) is 20.7. The number of imide groups is 1. The molecular formula is C20H21N3O5. The molecule has 28 heavy (non-hydrogen) atoms. The maximum absolute atomic E-state index is 12.8. The van der Waals surface area contributed by atoms with Gasteiger partial charge in [0.1, 0.15) is 0 Å². The summed E-state index contributed by atoms with van der Waals surface area (Å²) in [5.74, 6) is -2.08. The first-order valence-corrected chi connectivity index (χ1v) is 8.49. The van der Waals surface area contributed by atoms with E-state index in [-0.39, 0.29) is 17.0 Å². The van der Waals surface area contributed by atoms with Crippen molar-refractivity contribution >= 4 is 23.8 Å². The van der Waals surface area contributed by atoms with E-state index in [9.17, 15) is 19.2 Å². The third kappa shape index (κ3) is 5.41. The molecule has 0 spiro atoms. The van der Waals surface area contributed by atoms with Crippen molar-refractivity contribution < 1.29 is 23.9 Å². The molecule has 3 N–H and O–H groups in total. The first kappa shape index (κ1) is 20.6. The van der Waals surface area contributed by atoms with E-state index in [1.54, 1.807) is 19.2 Å². The summed E-state index contributed by atoms with van der Waals surface area (Å²) in [7, 11) is 1.63. The van der Waals surface area contributed by atoms with Crippen LogP contribution in [0.5, 0.6) is 0 Å². The Bertz CT molecular complexity index is 882. The Morgan fingerprint density at radius 1 is 1.00 bits per heavy atom. The smallest absolute Gasteiger partial charge is 0.339 e. The zero-order valence-electron chi connectivity index (χ0n) is 15.5. The fourth-order valence-electron chi connectivity index (χ4n) is 2.48. The first-order valence-electron chi connectivity index (χ1n) is 8.49. The number of rotatable bonds is 6. The van der Waals surface area contributed by atoms with E-state index in [1.807, 2.05) is 35.6 Å². The monoisotopic (exact) mass is 383 g/mol. The minimum atomic E-state index is -1.26. The summed E-state index contributed by atoms with van der Waals surface area (Å²) in [6.07, 6.45) is -1.26. The average Bonchev–Trinajstić information content (AvgIpc) is 2.67. The van der Waals surface area contributed by atoms with Gasteiger partial charge in [0.05, 0.1) is 11.1 Å². The van der Waals surface area contributed by atoms with Crippen LogP contribution in [0.25, 0.3) is 0 Å². The zero-order valence-corrected chi connectivity index (χ0v) is 15.5. The molecule has 2 rings (SSSR count). The van der Waals surface area contributed by atoms with E-state index in [4.69, 9.17) is 10.5 Å². The second-order valence-electron chi connectivity index (χ2n) is 6.09. The van der Waals surface area contributed by atoms with Crippen LogP contribution in [0.4, 0.5) is 4.79 Å². The molecule has 0 aliphatic rings. The molecule has 0 aliphatic carbocycles. The second-order valence-corrected chi connectivity index (χ2v) is 6.09. The SMILES string of the molecule is C[C@@H](OC(=O)c1ccccc1C(=O)N(C)Cc1ccccc1)C(=O)NC(N)=O. The molecule has 4 amide bonds. The summed E-state index contributed by atoms with van der Waals surface area (Å²) < 4.78 is 5.06. The van der Waals surface area contributed by atoms with Crippen LogP contribution >= 0.6 is 0 Å². The Labute approximate surface area is 162 Å². The van der Waals surface area contributed by atoms with Gasteiger partial charge in [-0.3, -0.25) is 14.9 Å². The Morgan fingerprint density at radius 2 is 1.57 bits per heavy atom. The highest BCUT2D eigenvalue weighted by Crippen LogP contribution is 2.15. The highest BCUT2D eigenvalue weighted by molar-refractivity contribution is 6.06. The van der Waals surface area contributed by atoms with Crippen molar-refractivity contribution in [2.75, 3.05) is 7.05 Å². The van der Waals surface area contributed by atoms with Crippen molar-refractivity contribution in [2.24, 2.45) is 5.73 Å². The van der Waals surface area contributed by atoms with Crippen LogP contribution in [0.1, 0.15) is 33.2 Å². The molecule has 0 bridgehead atoms. The van der Waals surface area contributed by atoms with Crippen molar-refractivity contribution in [3.63, 3.8) is 0 Å². The number of urea groups is 1. The van der Waals surface area contributed by atoms with E-state index in [0.29, 0.717) is 6.54 Å². The van der Waals surface area contributed by atoms with Crippen LogP contribution in [0.2, 0.25) is 0 Å². The number of ether oxygens (including phenoxy) is 1. The number of benzene rings is 2. The fourth-order valence-corrected chi connectivity index (χ4v) is 2.48. The Hall–Kier alpha value is -3.68. The number of nitrogens with two attached hydrogens (primary N) is 1.